The number of piperidine rings is 2. The van der Waals surface area contributed by atoms with E-state index < -0.39 is 0 Å². The number of amides is 1. The molecule has 5 rings (SSSR count). The van der Waals surface area contributed by atoms with E-state index in [-0.39, 0.29) is 23.9 Å². The molecule has 0 aromatic heterocycles. The molecule has 2 aromatic carbocycles. The van der Waals surface area contributed by atoms with Gasteiger partial charge >= 0.3 is 0 Å². The van der Waals surface area contributed by atoms with Crippen LogP contribution < -0.4 is 4.74 Å². The SMILES string of the molecule is COc1ccc(S[C@H]2C[C@@H](C(=O)N3CCC(N4CCC(O)CC4)CC3)N(Cc3ccc(F)cc3)C2)cc1. The Labute approximate surface area is 223 Å². The first kappa shape index (κ1) is 26.5. The van der Waals surface area contributed by atoms with Gasteiger partial charge in [0.15, 0.2) is 0 Å². The van der Waals surface area contributed by atoms with Crippen LogP contribution >= 0.6 is 11.8 Å². The zero-order valence-corrected chi connectivity index (χ0v) is 22.4. The number of ether oxygens (including phenoxy) is 1. The number of aliphatic hydroxyl groups excluding tert-OH is 1. The van der Waals surface area contributed by atoms with Crippen molar-refractivity contribution in [3.05, 3.63) is 59.9 Å². The van der Waals surface area contributed by atoms with E-state index >= 15 is 0 Å². The van der Waals surface area contributed by atoms with Crippen LogP contribution in [-0.4, -0.2) is 89.0 Å². The van der Waals surface area contributed by atoms with E-state index in [0.717, 1.165) is 76.1 Å². The molecule has 2 atom stereocenters. The molecule has 3 fully saturated rings. The number of benzene rings is 2. The predicted octanol–water partition coefficient (Wildman–Crippen LogP) is 4.02. The molecule has 0 unspecified atom stereocenters. The van der Waals surface area contributed by atoms with Crippen LogP contribution in [0.3, 0.4) is 0 Å². The standard InChI is InChI=1S/C29H38FN3O3S/c1-36-25-6-8-26(9-7-25)37-27-18-28(33(20-27)19-21-2-4-22(30)5-3-21)29(35)32-14-10-23(11-15-32)31-16-12-24(34)13-17-31/h2-9,23-24,27-28,34H,10-20H2,1H3/t27-,28-/m0/s1. The molecule has 200 valence electrons. The predicted molar refractivity (Wildman–Crippen MR) is 144 cm³/mol. The number of hydrogen-bond donors (Lipinski definition) is 1. The molecule has 3 heterocycles. The average Bonchev–Trinajstić information content (AvgIpc) is 3.32. The Morgan fingerprint density at radius 3 is 2.32 bits per heavy atom. The number of aliphatic hydroxyl groups is 1. The van der Waals surface area contributed by atoms with E-state index in [0.29, 0.717) is 17.8 Å². The van der Waals surface area contributed by atoms with Crippen LogP contribution in [0, 0.1) is 5.82 Å². The number of carbonyl (C=O) groups is 1. The van der Waals surface area contributed by atoms with Crippen molar-refractivity contribution in [3.63, 3.8) is 0 Å². The van der Waals surface area contributed by atoms with Crippen LogP contribution in [0.2, 0.25) is 0 Å². The molecular weight excluding hydrogens is 489 g/mol. The summed E-state index contributed by atoms with van der Waals surface area (Å²) in [5.41, 5.74) is 1.03. The zero-order valence-electron chi connectivity index (χ0n) is 21.6. The van der Waals surface area contributed by atoms with Crippen LogP contribution in [0.15, 0.2) is 53.4 Å². The second-order valence-electron chi connectivity index (χ2n) is 10.5. The highest BCUT2D eigenvalue weighted by Gasteiger charge is 2.40. The molecule has 1 N–H and O–H groups in total. The van der Waals surface area contributed by atoms with Gasteiger partial charge in [-0.05, 0) is 74.1 Å². The number of hydrogen-bond acceptors (Lipinski definition) is 6. The fourth-order valence-electron chi connectivity index (χ4n) is 5.96. The van der Waals surface area contributed by atoms with Gasteiger partial charge in [-0.2, -0.15) is 0 Å². The topological polar surface area (TPSA) is 56.3 Å². The minimum Gasteiger partial charge on any atom is -0.497 e. The molecule has 0 bridgehead atoms. The van der Waals surface area contributed by atoms with Crippen LogP contribution in [0.1, 0.15) is 37.7 Å². The summed E-state index contributed by atoms with van der Waals surface area (Å²) < 4.78 is 18.8. The third-order valence-corrected chi connectivity index (χ3v) is 9.32. The molecule has 0 saturated carbocycles. The van der Waals surface area contributed by atoms with E-state index in [1.807, 2.05) is 36.0 Å². The maximum atomic E-state index is 13.8. The molecule has 0 aliphatic carbocycles. The monoisotopic (exact) mass is 527 g/mol. The highest BCUT2D eigenvalue weighted by molar-refractivity contribution is 8.00. The first-order valence-electron chi connectivity index (χ1n) is 13.5. The minimum atomic E-state index is -0.239. The lowest BCUT2D eigenvalue weighted by molar-refractivity contribution is -0.137. The maximum absolute atomic E-state index is 13.8. The van der Waals surface area contributed by atoms with Crippen molar-refractivity contribution in [1.82, 2.24) is 14.7 Å². The van der Waals surface area contributed by atoms with E-state index in [4.69, 9.17) is 4.74 Å². The van der Waals surface area contributed by atoms with Crippen molar-refractivity contribution in [2.75, 3.05) is 39.8 Å². The Bertz CT molecular complexity index is 1020. The molecule has 3 saturated heterocycles. The summed E-state index contributed by atoms with van der Waals surface area (Å²) in [6.07, 6.45) is 4.35. The van der Waals surface area contributed by atoms with Crippen molar-refractivity contribution in [1.29, 1.82) is 0 Å². The van der Waals surface area contributed by atoms with Gasteiger partial charge in [-0.15, -0.1) is 11.8 Å². The average molecular weight is 528 g/mol. The number of nitrogens with zero attached hydrogens (tertiary/aromatic N) is 3. The number of rotatable bonds is 7. The number of likely N-dealkylation sites (tertiary alicyclic amines) is 3. The van der Waals surface area contributed by atoms with Crippen molar-refractivity contribution in [3.8, 4) is 5.75 Å². The van der Waals surface area contributed by atoms with Gasteiger partial charge in [0.1, 0.15) is 11.6 Å². The van der Waals surface area contributed by atoms with Gasteiger partial charge < -0.3 is 19.6 Å². The first-order valence-corrected chi connectivity index (χ1v) is 14.4. The Morgan fingerprint density at radius 2 is 1.68 bits per heavy atom. The molecule has 0 radical (unpaired) electrons. The van der Waals surface area contributed by atoms with E-state index in [1.165, 1.54) is 17.0 Å². The molecule has 3 aliphatic heterocycles. The van der Waals surface area contributed by atoms with E-state index in [2.05, 4.69) is 26.8 Å². The third kappa shape index (κ3) is 6.66. The molecule has 2 aromatic rings. The Kier molecular flexibility index (Phi) is 8.70. The lowest BCUT2D eigenvalue weighted by Crippen LogP contribution is -2.52. The fraction of sp³-hybridized carbons (Fsp3) is 0.552. The molecule has 6 nitrogen and oxygen atoms in total. The summed E-state index contributed by atoms with van der Waals surface area (Å²) in [4.78, 5) is 21.8. The third-order valence-electron chi connectivity index (χ3n) is 8.10. The van der Waals surface area contributed by atoms with Gasteiger partial charge in [-0.1, -0.05) is 12.1 Å². The van der Waals surface area contributed by atoms with Gasteiger partial charge in [0.2, 0.25) is 5.91 Å². The van der Waals surface area contributed by atoms with Crippen molar-refractivity contribution in [2.24, 2.45) is 0 Å². The molecule has 8 heteroatoms. The van der Waals surface area contributed by atoms with Crippen molar-refractivity contribution < 1.29 is 19.0 Å². The summed E-state index contributed by atoms with van der Waals surface area (Å²) in [6.45, 7) is 4.95. The van der Waals surface area contributed by atoms with Crippen LogP contribution in [0.5, 0.6) is 5.75 Å². The van der Waals surface area contributed by atoms with Crippen LogP contribution in [-0.2, 0) is 11.3 Å². The summed E-state index contributed by atoms with van der Waals surface area (Å²) in [7, 11) is 1.67. The lowest BCUT2D eigenvalue weighted by Gasteiger charge is -2.42. The molecular formula is C29H38FN3O3S. The van der Waals surface area contributed by atoms with Crippen molar-refractivity contribution >= 4 is 17.7 Å². The summed E-state index contributed by atoms with van der Waals surface area (Å²) in [5, 5.41) is 10.1. The van der Waals surface area contributed by atoms with E-state index in [1.54, 1.807) is 7.11 Å². The normalized spacial score (nSPS) is 24.5. The van der Waals surface area contributed by atoms with Crippen LogP contribution in [0.4, 0.5) is 4.39 Å². The van der Waals surface area contributed by atoms with Crippen molar-refractivity contribution in [2.45, 2.75) is 67.0 Å². The smallest absolute Gasteiger partial charge is 0.239 e. The second kappa shape index (κ2) is 12.2. The van der Waals surface area contributed by atoms with Gasteiger partial charge in [0, 0.05) is 55.5 Å². The number of methoxy groups -OCH3 is 1. The summed E-state index contributed by atoms with van der Waals surface area (Å²) >= 11 is 1.82. The molecule has 0 spiro atoms. The molecule has 37 heavy (non-hydrogen) atoms. The Morgan fingerprint density at radius 1 is 1.00 bits per heavy atom. The van der Waals surface area contributed by atoms with Gasteiger partial charge in [0.05, 0.1) is 19.3 Å². The summed E-state index contributed by atoms with van der Waals surface area (Å²) in [5.74, 6) is 0.829. The summed E-state index contributed by atoms with van der Waals surface area (Å²) in [6, 6.07) is 15.1. The highest BCUT2D eigenvalue weighted by Crippen LogP contribution is 2.35. The number of halogens is 1. The molecule has 3 aliphatic rings. The highest BCUT2D eigenvalue weighted by atomic mass is 32.2. The zero-order chi connectivity index (χ0) is 25.8. The van der Waals surface area contributed by atoms with Gasteiger partial charge in [0.25, 0.3) is 0 Å². The first-order chi connectivity index (χ1) is 18.0. The van der Waals surface area contributed by atoms with E-state index in [9.17, 15) is 14.3 Å². The minimum absolute atomic E-state index is 0.156. The largest absolute Gasteiger partial charge is 0.497 e. The quantitative estimate of drug-likeness (QED) is 0.587. The number of thioether (sulfide) groups is 1. The van der Waals surface area contributed by atoms with Crippen LogP contribution in [0.25, 0.3) is 0 Å². The maximum Gasteiger partial charge on any atom is 0.239 e. The van der Waals surface area contributed by atoms with Gasteiger partial charge in [-0.3, -0.25) is 9.69 Å². The molecule has 1 amide bonds. The van der Waals surface area contributed by atoms with Gasteiger partial charge in [-0.25, -0.2) is 4.39 Å². The Hall–Kier alpha value is -2.13. The fourth-order valence-corrected chi connectivity index (χ4v) is 7.19. The number of carbonyl (C=O) groups excluding carboxylic acids is 1. The lowest BCUT2D eigenvalue weighted by atomic mass is 9.98. The second-order valence-corrected chi connectivity index (χ2v) is 11.9. The Balaban J connectivity index is 1.23.